The first-order valence-electron chi connectivity index (χ1n) is 11.8. The molecule has 2 aromatic rings. The summed E-state index contributed by atoms with van der Waals surface area (Å²) in [5.41, 5.74) is 13.3. The molecule has 0 bridgehead atoms. The Morgan fingerprint density at radius 2 is 1.66 bits per heavy atom. The van der Waals surface area contributed by atoms with Crippen molar-refractivity contribution in [2.45, 2.75) is 25.3 Å². The molecule has 2 aliphatic rings. The monoisotopic (exact) mass is 473 g/mol. The summed E-state index contributed by atoms with van der Waals surface area (Å²) in [5, 5.41) is 3.42. The summed E-state index contributed by atoms with van der Waals surface area (Å²) >= 11 is 0. The van der Waals surface area contributed by atoms with E-state index in [1.165, 1.54) is 6.08 Å². The first-order valence-corrected chi connectivity index (χ1v) is 11.8. The number of para-hydroxylation sites is 1. The lowest BCUT2D eigenvalue weighted by atomic mass is 9.86. The number of ether oxygens (including phenoxy) is 1. The highest BCUT2D eigenvalue weighted by Crippen LogP contribution is 2.27. The lowest BCUT2D eigenvalue weighted by Crippen LogP contribution is -2.50. The van der Waals surface area contributed by atoms with Crippen molar-refractivity contribution in [2.75, 3.05) is 19.6 Å². The zero-order valence-corrected chi connectivity index (χ0v) is 19.7. The van der Waals surface area contributed by atoms with E-state index in [2.05, 4.69) is 16.9 Å². The van der Waals surface area contributed by atoms with Gasteiger partial charge in [-0.05, 0) is 73.2 Å². The minimum Gasteiger partial charge on any atom is -0.457 e. The van der Waals surface area contributed by atoms with Crippen LogP contribution in [0.1, 0.15) is 24.8 Å². The molecule has 0 aliphatic carbocycles. The Kier molecular flexibility index (Phi) is 7.50. The summed E-state index contributed by atoms with van der Waals surface area (Å²) in [7, 11) is 0. The lowest BCUT2D eigenvalue weighted by Gasteiger charge is -2.38. The van der Waals surface area contributed by atoms with Crippen molar-refractivity contribution in [3.63, 3.8) is 0 Å². The Labute approximate surface area is 205 Å². The van der Waals surface area contributed by atoms with E-state index in [4.69, 9.17) is 16.2 Å². The number of nitrogens with two attached hydrogens (primary N) is 2. The van der Waals surface area contributed by atoms with E-state index in [-0.39, 0.29) is 23.2 Å². The summed E-state index contributed by atoms with van der Waals surface area (Å²) in [4.78, 5) is 30.7. The third kappa shape index (κ3) is 5.71. The van der Waals surface area contributed by atoms with Crippen molar-refractivity contribution in [1.29, 1.82) is 0 Å². The smallest absolute Gasteiger partial charge is 0.254 e. The average molecular weight is 474 g/mol. The second kappa shape index (κ2) is 10.9. The van der Waals surface area contributed by atoms with E-state index in [1.54, 1.807) is 24.3 Å². The molecule has 0 saturated carbocycles. The summed E-state index contributed by atoms with van der Waals surface area (Å²) in [5.74, 6) is 1.51. The van der Waals surface area contributed by atoms with Gasteiger partial charge in [-0.2, -0.15) is 0 Å². The highest BCUT2D eigenvalue weighted by atomic mass is 16.5. The van der Waals surface area contributed by atoms with E-state index in [0.717, 1.165) is 25.0 Å². The van der Waals surface area contributed by atoms with Crippen molar-refractivity contribution in [3.8, 4) is 11.5 Å². The number of amides is 2. The van der Waals surface area contributed by atoms with Crippen LogP contribution in [0.5, 0.6) is 11.5 Å². The molecule has 2 amide bonds. The Hall–Kier alpha value is -4.07. The fourth-order valence-corrected chi connectivity index (χ4v) is 4.61. The quantitative estimate of drug-likeness (QED) is 0.534. The maximum atomic E-state index is 12.4. The van der Waals surface area contributed by atoms with Crippen molar-refractivity contribution in [2.24, 2.45) is 22.4 Å². The normalized spacial score (nSPS) is 19.1. The minimum atomic E-state index is -0.634. The highest BCUT2D eigenvalue weighted by molar-refractivity contribution is 6.25. The molecule has 2 heterocycles. The summed E-state index contributed by atoms with van der Waals surface area (Å²) in [6, 6.07) is 16.8. The standard InChI is InChI=1S/C27H31N5O3/c1-2-23(33)32-16-13-18(14-17-32)22-12-15-30-27(31-22)24(26(29)34)25(28)19-8-10-21(11-9-19)35-20-6-4-3-5-7-20/h2-11,18,22H,1,12-17,28H2,(H2,29,34)(H,30,31)/t22-/m0/s1. The second-order valence-corrected chi connectivity index (χ2v) is 8.73. The number of rotatable bonds is 7. The first kappa shape index (κ1) is 24.1. The van der Waals surface area contributed by atoms with E-state index in [1.807, 2.05) is 35.2 Å². The number of amidine groups is 1. The van der Waals surface area contributed by atoms with Gasteiger partial charge in [-0.15, -0.1) is 0 Å². The Bertz CT molecular complexity index is 1130. The molecule has 2 aliphatic heterocycles. The molecule has 4 rings (SSSR count). The van der Waals surface area contributed by atoms with Gasteiger partial charge in [-0.25, -0.2) is 0 Å². The number of primary amides is 1. The highest BCUT2D eigenvalue weighted by Gasteiger charge is 2.31. The lowest BCUT2D eigenvalue weighted by molar-refractivity contribution is -0.127. The van der Waals surface area contributed by atoms with Gasteiger partial charge in [-0.3, -0.25) is 14.6 Å². The maximum absolute atomic E-state index is 12.4. The molecule has 1 fully saturated rings. The number of nitrogens with zero attached hydrogens (tertiary/aromatic N) is 2. The van der Waals surface area contributed by atoms with E-state index in [0.29, 0.717) is 42.7 Å². The third-order valence-electron chi connectivity index (χ3n) is 6.52. The van der Waals surface area contributed by atoms with E-state index < -0.39 is 5.91 Å². The van der Waals surface area contributed by atoms with Gasteiger partial charge >= 0.3 is 0 Å². The molecule has 1 saturated heterocycles. The van der Waals surface area contributed by atoms with Gasteiger partial charge in [0, 0.05) is 25.7 Å². The molecular weight excluding hydrogens is 442 g/mol. The molecule has 0 unspecified atom stereocenters. The number of hydrogen-bond acceptors (Lipinski definition) is 6. The van der Waals surface area contributed by atoms with Crippen molar-refractivity contribution in [3.05, 3.63) is 78.4 Å². The van der Waals surface area contributed by atoms with Gasteiger partial charge in [0.1, 0.15) is 22.9 Å². The van der Waals surface area contributed by atoms with Crippen LogP contribution >= 0.6 is 0 Å². The minimum absolute atomic E-state index is 0.0331. The number of carbonyl (C=O) groups is 2. The van der Waals surface area contributed by atoms with Crippen molar-refractivity contribution in [1.82, 2.24) is 10.2 Å². The SMILES string of the molecule is C=CC(=O)N1CCC([C@@H]2CCN=C(C(C(N)=O)=C(N)c3ccc(Oc4ccccc4)cc3)N2)CC1. The van der Waals surface area contributed by atoms with Gasteiger partial charge < -0.3 is 26.4 Å². The molecule has 1 atom stereocenters. The molecule has 2 aromatic carbocycles. The Balaban J connectivity index is 1.48. The number of likely N-dealkylation sites (tertiary alicyclic amines) is 1. The number of carbonyl (C=O) groups excluding carboxylic acids is 2. The molecular formula is C27H31N5O3. The van der Waals surface area contributed by atoms with Gasteiger partial charge in [-0.1, -0.05) is 24.8 Å². The third-order valence-corrected chi connectivity index (χ3v) is 6.52. The van der Waals surface area contributed by atoms with Crippen LogP contribution in [-0.4, -0.2) is 48.2 Å². The molecule has 8 heteroatoms. The van der Waals surface area contributed by atoms with Gasteiger partial charge in [0.2, 0.25) is 5.91 Å². The number of aliphatic imine (C=N–C) groups is 1. The van der Waals surface area contributed by atoms with Crippen LogP contribution in [0.15, 0.2) is 77.8 Å². The van der Waals surface area contributed by atoms with Crippen LogP contribution in [-0.2, 0) is 9.59 Å². The van der Waals surface area contributed by atoms with Gasteiger partial charge in [0.15, 0.2) is 0 Å². The fraction of sp³-hybridized carbons (Fsp3) is 0.296. The van der Waals surface area contributed by atoms with Crippen LogP contribution in [0.25, 0.3) is 5.70 Å². The van der Waals surface area contributed by atoms with Crippen LogP contribution in [0.3, 0.4) is 0 Å². The van der Waals surface area contributed by atoms with Crippen LogP contribution in [0, 0.1) is 5.92 Å². The number of piperidine rings is 1. The summed E-state index contributed by atoms with van der Waals surface area (Å²) in [6.07, 6.45) is 3.95. The largest absolute Gasteiger partial charge is 0.457 e. The van der Waals surface area contributed by atoms with Crippen LogP contribution in [0.4, 0.5) is 0 Å². The Morgan fingerprint density at radius 3 is 2.29 bits per heavy atom. The molecule has 8 nitrogen and oxygen atoms in total. The predicted molar refractivity (Wildman–Crippen MR) is 137 cm³/mol. The van der Waals surface area contributed by atoms with Crippen LogP contribution in [0.2, 0.25) is 0 Å². The van der Waals surface area contributed by atoms with Gasteiger partial charge in [0.05, 0.1) is 5.70 Å². The number of nitrogens with one attached hydrogen (secondary N) is 1. The molecule has 0 radical (unpaired) electrons. The average Bonchev–Trinajstić information content (AvgIpc) is 2.89. The molecule has 0 spiro atoms. The molecule has 182 valence electrons. The van der Waals surface area contributed by atoms with Crippen LogP contribution < -0.4 is 21.5 Å². The van der Waals surface area contributed by atoms with Crippen molar-refractivity contribution < 1.29 is 14.3 Å². The van der Waals surface area contributed by atoms with E-state index >= 15 is 0 Å². The number of benzene rings is 2. The summed E-state index contributed by atoms with van der Waals surface area (Å²) in [6.45, 7) is 5.53. The second-order valence-electron chi connectivity index (χ2n) is 8.73. The zero-order valence-electron chi connectivity index (χ0n) is 19.7. The van der Waals surface area contributed by atoms with Gasteiger partial charge in [0.25, 0.3) is 5.91 Å². The zero-order chi connectivity index (χ0) is 24.8. The van der Waals surface area contributed by atoms with E-state index in [9.17, 15) is 9.59 Å². The number of hydrogen-bond donors (Lipinski definition) is 3. The molecule has 5 N–H and O–H groups in total. The maximum Gasteiger partial charge on any atom is 0.254 e. The Morgan fingerprint density at radius 1 is 1.00 bits per heavy atom. The molecule has 0 aromatic heterocycles. The summed E-state index contributed by atoms with van der Waals surface area (Å²) < 4.78 is 5.83. The molecule has 35 heavy (non-hydrogen) atoms. The predicted octanol–water partition coefficient (Wildman–Crippen LogP) is 2.82. The first-order chi connectivity index (χ1) is 17.0. The fourth-order valence-electron chi connectivity index (χ4n) is 4.61. The van der Waals surface area contributed by atoms with Crippen molar-refractivity contribution >= 4 is 23.3 Å². The topological polar surface area (TPSA) is 123 Å².